The van der Waals surface area contributed by atoms with Crippen molar-refractivity contribution in [1.29, 1.82) is 0 Å². The normalized spacial score (nSPS) is 17.2. The number of carbonyl (C=O) groups is 1. The van der Waals surface area contributed by atoms with Crippen molar-refractivity contribution >= 4 is 11.9 Å². The van der Waals surface area contributed by atoms with Crippen LogP contribution in [0.15, 0.2) is 4.99 Å². The van der Waals surface area contributed by atoms with Crippen LogP contribution in [0.25, 0.3) is 0 Å². The van der Waals surface area contributed by atoms with Crippen LogP contribution >= 0.6 is 0 Å². The summed E-state index contributed by atoms with van der Waals surface area (Å²) >= 11 is 0. The van der Waals surface area contributed by atoms with Crippen molar-refractivity contribution in [3.05, 3.63) is 0 Å². The molecule has 5 nitrogen and oxygen atoms in total. The molecule has 1 rings (SSSR count). The number of amides is 1. The van der Waals surface area contributed by atoms with E-state index in [1.54, 1.807) is 0 Å². The quantitative estimate of drug-likeness (QED) is 0.606. The van der Waals surface area contributed by atoms with Gasteiger partial charge in [-0.2, -0.15) is 0 Å². The van der Waals surface area contributed by atoms with Crippen LogP contribution in [-0.2, 0) is 4.79 Å². The van der Waals surface area contributed by atoms with E-state index in [2.05, 4.69) is 9.89 Å². The minimum Gasteiger partial charge on any atom is -0.370 e. The van der Waals surface area contributed by atoms with Gasteiger partial charge in [0.1, 0.15) is 0 Å². The van der Waals surface area contributed by atoms with Crippen molar-refractivity contribution < 1.29 is 4.79 Å². The Morgan fingerprint density at radius 3 is 2.26 bits per heavy atom. The molecular formula is C14H28N4O. The zero-order chi connectivity index (χ0) is 14.1. The molecule has 1 heterocycles. The fourth-order valence-electron chi connectivity index (χ4n) is 2.40. The summed E-state index contributed by atoms with van der Waals surface area (Å²) in [5.74, 6) is 0.770. The van der Waals surface area contributed by atoms with Crippen molar-refractivity contribution in [2.24, 2.45) is 10.7 Å². The van der Waals surface area contributed by atoms with Crippen LogP contribution in [0.4, 0.5) is 0 Å². The van der Waals surface area contributed by atoms with Crippen LogP contribution in [0.5, 0.6) is 0 Å². The largest absolute Gasteiger partial charge is 0.370 e. The van der Waals surface area contributed by atoms with Crippen LogP contribution < -0.4 is 5.73 Å². The van der Waals surface area contributed by atoms with Gasteiger partial charge in [0.25, 0.3) is 0 Å². The van der Waals surface area contributed by atoms with Gasteiger partial charge < -0.3 is 15.5 Å². The van der Waals surface area contributed by atoms with Gasteiger partial charge in [0.05, 0.1) is 6.54 Å². The molecule has 0 spiro atoms. The van der Waals surface area contributed by atoms with E-state index >= 15 is 0 Å². The predicted octanol–water partition coefficient (Wildman–Crippen LogP) is 1.44. The fraction of sp³-hybridized carbons (Fsp3) is 0.857. The lowest BCUT2D eigenvalue weighted by Gasteiger charge is -2.21. The van der Waals surface area contributed by atoms with Crippen molar-refractivity contribution in [2.75, 3.05) is 32.7 Å². The summed E-state index contributed by atoms with van der Waals surface area (Å²) in [5, 5.41) is 0. The van der Waals surface area contributed by atoms with E-state index in [1.165, 1.54) is 25.7 Å². The first-order valence-corrected chi connectivity index (χ1v) is 7.51. The number of carbonyl (C=O) groups excluding carboxylic acids is 1. The van der Waals surface area contributed by atoms with E-state index < -0.39 is 0 Å². The topological polar surface area (TPSA) is 61.9 Å². The van der Waals surface area contributed by atoms with Crippen molar-refractivity contribution in [3.8, 4) is 0 Å². The van der Waals surface area contributed by atoms with Gasteiger partial charge in [0.15, 0.2) is 5.96 Å². The lowest BCUT2D eigenvalue weighted by molar-refractivity contribution is -0.130. The summed E-state index contributed by atoms with van der Waals surface area (Å²) in [6.45, 7) is 8.02. The number of nitrogens with two attached hydrogens (primary N) is 1. The maximum Gasteiger partial charge on any atom is 0.224 e. The standard InChI is InChI=1S/C14H28N4O/c1-3-17(4-2)13(19)9-10-16-14(15)18-11-7-5-6-8-12-18/h3-12H2,1-2H3,(H2,15,16). The summed E-state index contributed by atoms with van der Waals surface area (Å²) in [6.07, 6.45) is 5.40. The summed E-state index contributed by atoms with van der Waals surface area (Å²) in [7, 11) is 0. The molecule has 1 amide bonds. The zero-order valence-electron chi connectivity index (χ0n) is 12.4. The molecule has 0 radical (unpaired) electrons. The van der Waals surface area contributed by atoms with Crippen LogP contribution in [0.3, 0.4) is 0 Å². The van der Waals surface area contributed by atoms with Crippen LogP contribution in [0.1, 0.15) is 46.0 Å². The van der Waals surface area contributed by atoms with Crippen LogP contribution in [0, 0.1) is 0 Å². The highest BCUT2D eigenvalue weighted by molar-refractivity contribution is 5.79. The second-order valence-electron chi connectivity index (χ2n) is 4.96. The molecule has 0 aliphatic carbocycles. The maximum absolute atomic E-state index is 11.8. The second kappa shape index (κ2) is 8.77. The lowest BCUT2D eigenvalue weighted by Crippen LogP contribution is -2.38. The molecule has 0 aromatic heterocycles. The van der Waals surface area contributed by atoms with Gasteiger partial charge >= 0.3 is 0 Å². The minimum atomic E-state index is 0.164. The van der Waals surface area contributed by atoms with Gasteiger partial charge in [-0.1, -0.05) is 12.8 Å². The Bertz CT molecular complexity index is 292. The third kappa shape index (κ3) is 5.49. The molecule has 1 aliphatic heterocycles. The molecule has 5 heteroatoms. The van der Waals surface area contributed by atoms with E-state index in [0.29, 0.717) is 18.9 Å². The molecule has 0 aromatic rings. The van der Waals surface area contributed by atoms with Crippen molar-refractivity contribution in [3.63, 3.8) is 0 Å². The Labute approximate surface area is 116 Å². The molecule has 1 aliphatic rings. The molecule has 0 saturated carbocycles. The highest BCUT2D eigenvalue weighted by Crippen LogP contribution is 2.09. The van der Waals surface area contributed by atoms with Crippen LogP contribution in [-0.4, -0.2) is 54.4 Å². The summed E-state index contributed by atoms with van der Waals surface area (Å²) in [5.41, 5.74) is 6.00. The lowest BCUT2D eigenvalue weighted by atomic mass is 10.2. The Kier molecular flexibility index (Phi) is 7.30. The Morgan fingerprint density at radius 2 is 1.74 bits per heavy atom. The number of guanidine groups is 1. The predicted molar refractivity (Wildman–Crippen MR) is 79.1 cm³/mol. The Morgan fingerprint density at radius 1 is 1.16 bits per heavy atom. The van der Waals surface area contributed by atoms with Gasteiger partial charge in [-0.3, -0.25) is 9.79 Å². The highest BCUT2D eigenvalue weighted by atomic mass is 16.2. The number of nitrogens with zero attached hydrogens (tertiary/aromatic N) is 3. The summed E-state index contributed by atoms with van der Waals surface area (Å²) < 4.78 is 0. The number of aliphatic imine (C=N–C) groups is 1. The van der Waals surface area contributed by atoms with Crippen LogP contribution in [0.2, 0.25) is 0 Å². The molecule has 0 aromatic carbocycles. The molecule has 0 bridgehead atoms. The summed E-state index contributed by atoms with van der Waals surface area (Å²) in [4.78, 5) is 20.2. The molecular weight excluding hydrogens is 240 g/mol. The molecule has 19 heavy (non-hydrogen) atoms. The maximum atomic E-state index is 11.8. The smallest absolute Gasteiger partial charge is 0.224 e. The molecule has 1 saturated heterocycles. The minimum absolute atomic E-state index is 0.164. The Hall–Kier alpha value is -1.26. The first-order chi connectivity index (χ1) is 9.19. The Balaban J connectivity index is 2.36. The molecule has 2 N–H and O–H groups in total. The fourth-order valence-corrected chi connectivity index (χ4v) is 2.40. The second-order valence-corrected chi connectivity index (χ2v) is 4.96. The highest BCUT2D eigenvalue weighted by Gasteiger charge is 2.12. The van der Waals surface area contributed by atoms with E-state index in [4.69, 9.17) is 5.73 Å². The number of rotatable bonds is 5. The number of hydrogen-bond acceptors (Lipinski definition) is 2. The molecule has 0 atom stereocenters. The van der Waals surface area contributed by atoms with Gasteiger partial charge in [0.2, 0.25) is 5.91 Å². The van der Waals surface area contributed by atoms with E-state index in [0.717, 1.165) is 26.2 Å². The van der Waals surface area contributed by atoms with Gasteiger partial charge in [0, 0.05) is 32.6 Å². The van der Waals surface area contributed by atoms with Gasteiger partial charge in [-0.05, 0) is 26.7 Å². The molecule has 1 fully saturated rings. The monoisotopic (exact) mass is 268 g/mol. The first-order valence-electron chi connectivity index (χ1n) is 7.51. The average Bonchev–Trinajstić information content (AvgIpc) is 2.69. The zero-order valence-corrected chi connectivity index (χ0v) is 12.4. The van der Waals surface area contributed by atoms with E-state index in [-0.39, 0.29) is 5.91 Å². The molecule has 110 valence electrons. The number of hydrogen-bond donors (Lipinski definition) is 1. The summed E-state index contributed by atoms with van der Waals surface area (Å²) in [6, 6.07) is 0. The molecule has 0 unspecified atom stereocenters. The SMILES string of the molecule is CCN(CC)C(=O)CCN=C(N)N1CCCCCC1. The average molecular weight is 268 g/mol. The van der Waals surface area contributed by atoms with Gasteiger partial charge in [-0.15, -0.1) is 0 Å². The third-order valence-corrected chi connectivity index (χ3v) is 3.65. The van der Waals surface area contributed by atoms with Gasteiger partial charge in [-0.25, -0.2) is 0 Å². The van der Waals surface area contributed by atoms with Crippen molar-refractivity contribution in [1.82, 2.24) is 9.80 Å². The van der Waals surface area contributed by atoms with E-state index in [9.17, 15) is 4.79 Å². The first kappa shape index (κ1) is 15.8. The van der Waals surface area contributed by atoms with Crippen molar-refractivity contribution in [2.45, 2.75) is 46.0 Å². The third-order valence-electron chi connectivity index (χ3n) is 3.65. The number of likely N-dealkylation sites (tertiary alicyclic amines) is 1. The van der Waals surface area contributed by atoms with E-state index in [1.807, 2.05) is 18.7 Å².